The molecule has 0 aromatic heterocycles. The molecule has 3 rings (SSSR count). The fourth-order valence-corrected chi connectivity index (χ4v) is 3.35. The number of rotatable bonds is 3. The van der Waals surface area contributed by atoms with Crippen LogP contribution in [-0.2, 0) is 0 Å². The van der Waals surface area contributed by atoms with E-state index in [4.69, 9.17) is 10.5 Å². The highest BCUT2D eigenvalue weighted by atomic mass is 16.5. The number of amides is 1. The van der Waals surface area contributed by atoms with E-state index in [-0.39, 0.29) is 0 Å². The molecule has 4 heteroatoms. The van der Waals surface area contributed by atoms with Gasteiger partial charge in [-0.25, -0.2) is 0 Å². The zero-order valence-corrected chi connectivity index (χ0v) is 11.2. The number of primary amides is 1. The second kappa shape index (κ2) is 4.85. The molecule has 0 spiro atoms. The van der Waals surface area contributed by atoms with Crippen LogP contribution >= 0.6 is 0 Å². The molecule has 2 fully saturated rings. The Morgan fingerprint density at radius 1 is 1.21 bits per heavy atom. The van der Waals surface area contributed by atoms with Crippen molar-refractivity contribution in [1.29, 1.82) is 0 Å². The van der Waals surface area contributed by atoms with Crippen molar-refractivity contribution >= 4 is 5.91 Å². The van der Waals surface area contributed by atoms with E-state index < -0.39 is 5.91 Å². The van der Waals surface area contributed by atoms with Gasteiger partial charge >= 0.3 is 0 Å². The maximum Gasteiger partial charge on any atom is 0.248 e. The molecule has 0 radical (unpaired) electrons. The smallest absolute Gasteiger partial charge is 0.248 e. The standard InChI is InChI=1S/C15H20N2O2/c1-17-11-4-5-12(17)9-14(8-11)19-13-6-2-10(3-7-13)15(16)18/h2-3,6-7,11-12,14H,4-5,8-9H2,1H3,(H2,16,18)/t11-,12+,14+. The van der Waals surface area contributed by atoms with Crippen molar-refractivity contribution in [2.45, 2.75) is 43.9 Å². The van der Waals surface area contributed by atoms with Gasteiger partial charge < -0.3 is 15.4 Å². The highest BCUT2D eigenvalue weighted by Crippen LogP contribution is 2.35. The van der Waals surface area contributed by atoms with Crippen LogP contribution < -0.4 is 10.5 Å². The van der Waals surface area contributed by atoms with Crippen LogP contribution in [0.3, 0.4) is 0 Å². The van der Waals surface area contributed by atoms with Gasteiger partial charge in [-0.05, 0) is 57.0 Å². The first-order valence-corrected chi connectivity index (χ1v) is 6.92. The molecule has 2 saturated heterocycles. The Balaban J connectivity index is 1.64. The molecule has 102 valence electrons. The van der Waals surface area contributed by atoms with Crippen LogP contribution in [0, 0.1) is 0 Å². The van der Waals surface area contributed by atoms with Gasteiger partial charge in [0.05, 0.1) is 0 Å². The van der Waals surface area contributed by atoms with Crippen molar-refractivity contribution in [3.63, 3.8) is 0 Å². The van der Waals surface area contributed by atoms with Gasteiger partial charge in [-0.3, -0.25) is 4.79 Å². The first-order chi connectivity index (χ1) is 9.13. The van der Waals surface area contributed by atoms with Gasteiger partial charge in [-0.15, -0.1) is 0 Å². The van der Waals surface area contributed by atoms with Crippen LogP contribution in [0.1, 0.15) is 36.0 Å². The third kappa shape index (κ3) is 2.45. The molecule has 3 atom stereocenters. The third-order valence-electron chi connectivity index (χ3n) is 4.50. The second-order valence-electron chi connectivity index (χ2n) is 5.65. The number of nitrogens with zero attached hydrogens (tertiary/aromatic N) is 1. The number of fused-ring (bicyclic) bond motifs is 2. The van der Waals surface area contributed by atoms with Crippen molar-refractivity contribution in [2.24, 2.45) is 5.73 Å². The molecule has 2 heterocycles. The number of carbonyl (C=O) groups is 1. The predicted octanol–water partition coefficient (Wildman–Crippen LogP) is 1.79. The Bertz CT molecular complexity index is 458. The fraction of sp³-hybridized carbons (Fsp3) is 0.533. The summed E-state index contributed by atoms with van der Waals surface area (Å²) in [7, 11) is 2.22. The molecule has 0 aliphatic carbocycles. The van der Waals surface area contributed by atoms with Crippen LogP contribution in [0.25, 0.3) is 0 Å². The minimum atomic E-state index is -0.399. The van der Waals surface area contributed by atoms with E-state index in [1.54, 1.807) is 12.1 Å². The molecule has 2 aliphatic heterocycles. The Kier molecular flexibility index (Phi) is 3.19. The van der Waals surface area contributed by atoms with Crippen LogP contribution in [0.5, 0.6) is 5.75 Å². The first-order valence-electron chi connectivity index (χ1n) is 6.92. The maximum absolute atomic E-state index is 11.0. The molecule has 2 bridgehead atoms. The van der Waals surface area contributed by atoms with E-state index in [1.165, 1.54) is 12.8 Å². The molecule has 0 saturated carbocycles. The molecular formula is C15H20N2O2. The van der Waals surface area contributed by atoms with E-state index in [2.05, 4.69) is 11.9 Å². The lowest BCUT2D eigenvalue weighted by Gasteiger charge is -2.36. The molecule has 4 nitrogen and oxygen atoms in total. The second-order valence-corrected chi connectivity index (χ2v) is 5.65. The summed E-state index contributed by atoms with van der Waals surface area (Å²) in [4.78, 5) is 13.5. The van der Waals surface area contributed by atoms with E-state index in [0.29, 0.717) is 23.8 Å². The predicted molar refractivity (Wildman–Crippen MR) is 73.2 cm³/mol. The van der Waals surface area contributed by atoms with Crippen LogP contribution in [0.15, 0.2) is 24.3 Å². The topological polar surface area (TPSA) is 55.6 Å². The Hall–Kier alpha value is -1.55. The zero-order valence-electron chi connectivity index (χ0n) is 11.2. The van der Waals surface area contributed by atoms with Gasteiger partial charge in [-0.1, -0.05) is 0 Å². The summed E-state index contributed by atoms with van der Waals surface area (Å²) >= 11 is 0. The van der Waals surface area contributed by atoms with Crippen molar-refractivity contribution in [1.82, 2.24) is 4.90 Å². The molecule has 19 heavy (non-hydrogen) atoms. The summed E-state index contributed by atoms with van der Waals surface area (Å²) < 4.78 is 6.04. The van der Waals surface area contributed by atoms with E-state index >= 15 is 0 Å². The molecule has 1 amide bonds. The minimum Gasteiger partial charge on any atom is -0.490 e. The van der Waals surface area contributed by atoms with Gasteiger partial charge in [0.15, 0.2) is 0 Å². The Labute approximate surface area is 113 Å². The van der Waals surface area contributed by atoms with Gasteiger partial charge in [0.2, 0.25) is 5.91 Å². The summed E-state index contributed by atoms with van der Waals surface area (Å²) in [6.07, 6.45) is 5.09. The number of piperidine rings is 1. The quantitative estimate of drug-likeness (QED) is 0.901. The average Bonchev–Trinajstić information content (AvgIpc) is 2.63. The highest BCUT2D eigenvalue weighted by Gasteiger charge is 2.39. The largest absolute Gasteiger partial charge is 0.490 e. The normalized spacial score (nSPS) is 30.3. The van der Waals surface area contributed by atoms with E-state index in [9.17, 15) is 4.79 Å². The van der Waals surface area contributed by atoms with Gasteiger partial charge in [0, 0.05) is 17.6 Å². The summed E-state index contributed by atoms with van der Waals surface area (Å²) in [6, 6.07) is 8.46. The number of hydrogen-bond donors (Lipinski definition) is 1. The molecule has 0 unspecified atom stereocenters. The SMILES string of the molecule is CN1[C@@H]2CC[C@H]1C[C@@H](Oc1ccc(C(N)=O)cc1)C2. The third-order valence-corrected chi connectivity index (χ3v) is 4.50. The van der Waals surface area contributed by atoms with Gasteiger partial charge in [-0.2, -0.15) is 0 Å². The van der Waals surface area contributed by atoms with Crippen molar-refractivity contribution in [3.8, 4) is 5.75 Å². The van der Waals surface area contributed by atoms with Crippen LogP contribution in [-0.4, -0.2) is 36.0 Å². The van der Waals surface area contributed by atoms with Crippen molar-refractivity contribution in [2.75, 3.05) is 7.05 Å². The first kappa shape index (κ1) is 12.5. The molecule has 1 aromatic carbocycles. The lowest BCUT2D eigenvalue weighted by Crippen LogP contribution is -2.43. The number of nitrogens with two attached hydrogens (primary N) is 1. The number of hydrogen-bond acceptors (Lipinski definition) is 3. The number of ether oxygens (including phenoxy) is 1. The number of carbonyl (C=O) groups excluding carboxylic acids is 1. The monoisotopic (exact) mass is 260 g/mol. The summed E-state index contributed by atoms with van der Waals surface area (Å²) in [5.74, 6) is 0.433. The van der Waals surface area contributed by atoms with Crippen molar-refractivity contribution in [3.05, 3.63) is 29.8 Å². The van der Waals surface area contributed by atoms with Gasteiger partial charge in [0.1, 0.15) is 11.9 Å². The van der Waals surface area contributed by atoms with Gasteiger partial charge in [0.25, 0.3) is 0 Å². The lowest BCUT2D eigenvalue weighted by molar-refractivity contribution is 0.0661. The molecule has 1 aromatic rings. The van der Waals surface area contributed by atoms with Crippen LogP contribution in [0.2, 0.25) is 0 Å². The molecule has 2 N–H and O–H groups in total. The van der Waals surface area contributed by atoms with Crippen LogP contribution in [0.4, 0.5) is 0 Å². The molecular weight excluding hydrogens is 240 g/mol. The number of benzene rings is 1. The zero-order chi connectivity index (χ0) is 13.4. The summed E-state index contributed by atoms with van der Waals surface area (Å²) in [5.41, 5.74) is 5.75. The van der Waals surface area contributed by atoms with E-state index in [0.717, 1.165) is 18.6 Å². The Morgan fingerprint density at radius 3 is 2.32 bits per heavy atom. The molecule has 2 aliphatic rings. The summed E-state index contributed by atoms with van der Waals surface area (Å²) in [6.45, 7) is 0. The lowest BCUT2D eigenvalue weighted by atomic mass is 10.0. The summed E-state index contributed by atoms with van der Waals surface area (Å²) in [5, 5.41) is 0. The fourth-order valence-electron chi connectivity index (χ4n) is 3.35. The van der Waals surface area contributed by atoms with Crippen molar-refractivity contribution < 1.29 is 9.53 Å². The minimum absolute atomic E-state index is 0.299. The average molecular weight is 260 g/mol. The highest BCUT2D eigenvalue weighted by molar-refractivity contribution is 5.92. The maximum atomic E-state index is 11.0. The Morgan fingerprint density at radius 2 is 1.79 bits per heavy atom. The van der Waals surface area contributed by atoms with E-state index in [1.807, 2.05) is 12.1 Å².